The number of hydrogen-bond acceptors (Lipinski definition) is 5. The summed E-state index contributed by atoms with van der Waals surface area (Å²) in [5.41, 5.74) is 2.73. The van der Waals surface area contributed by atoms with Crippen molar-refractivity contribution >= 4 is 17.9 Å². The largest absolute Gasteiger partial charge is 0.444 e. The van der Waals surface area contributed by atoms with E-state index in [1.54, 1.807) is 20.8 Å². The van der Waals surface area contributed by atoms with Crippen LogP contribution in [0.2, 0.25) is 0 Å². The number of rotatable bonds is 9. The van der Waals surface area contributed by atoms with Crippen molar-refractivity contribution in [3.8, 4) is 0 Å². The first-order chi connectivity index (χ1) is 17.0. The number of benzene rings is 2. The molecule has 0 aromatic heterocycles. The highest BCUT2D eigenvalue weighted by Gasteiger charge is 2.44. The SMILES string of the molecule is Cc1ccc(C)c(C(C(=O)NCc2ccccc2)N(C(=O)C(CO)NC(=O)OC(C)(C)C)C2CC2)c1. The summed E-state index contributed by atoms with van der Waals surface area (Å²) < 4.78 is 5.28. The minimum absolute atomic E-state index is 0.167. The molecule has 3 rings (SSSR count). The van der Waals surface area contributed by atoms with Gasteiger partial charge >= 0.3 is 6.09 Å². The molecule has 2 unspecified atom stereocenters. The lowest BCUT2D eigenvalue weighted by Gasteiger charge is -2.35. The van der Waals surface area contributed by atoms with E-state index >= 15 is 0 Å². The summed E-state index contributed by atoms with van der Waals surface area (Å²) in [7, 11) is 0. The molecule has 1 aliphatic rings. The van der Waals surface area contributed by atoms with Gasteiger partial charge in [-0.3, -0.25) is 9.59 Å². The van der Waals surface area contributed by atoms with Crippen molar-refractivity contribution in [3.05, 3.63) is 70.8 Å². The van der Waals surface area contributed by atoms with Crippen LogP contribution in [0.25, 0.3) is 0 Å². The molecule has 1 aliphatic carbocycles. The topological polar surface area (TPSA) is 108 Å². The molecule has 2 aromatic rings. The van der Waals surface area contributed by atoms with Crippen LogP contribution in [0, 0.1) is 13.8 Å². The molecular formula is C28H37N3O5. The van der Waals surface area contributed by atoms with Gasteiger partial charge in [-0.1, -0.05) is 54.1 Å². The van der Waals surface area contributed by atoms with Crippen molar-refractivity contribution in [3.63, 3.8) is 0 Å². The second-order valence-electron chi connectivity index (χ2n) is 10.3. The molecule has 0 bridgehead atoms. The number of amides is 3. The van der Waals surface area contributed by atoms with Gasteiger partial charge in [-0.15, -0.1) is 0 Å². The molecule has 2 atom stereocenters. The van der Waals surface area contributed by atoms with Gasteiger partial charge in [-0.05, 0) is 64.2 Å². The number of carbonyl (C=O) groups excluding carboxylic acids is 3. The fourth-order valence-corrected chi connectivity index (χ4v) is 4.04. The smallest absolute Gasteiger partial charge is 0.408 e. The Morgan fingerprint density at radius 3 is 2.33 bits per heavy atom. The third kappa shape index (κ3) is 7.31. The quantitative estimate of drug-likeness (QED) is 0.493. The van der Waals surface area contributed by atoms with Crippen LogP contribution < -0.4 is 10.6 Å². The molecule has 0 aliphatic heterocycles. The zero-order valence-electron chi connectivity index (χ0n) is 21.7. The predicted molar refractivity (Wildman–Crippen MR) is 137 cm³/mol. The number of carbonyl (C=O) groups is 3. The number of aryl methyl sites for hydroxylation is 2. The van der Waals surface area contributed by atoms with Crippen molar-refractivity contribution in [2.24, 2.45) is 0 Å². The molecule has 0 saturated heterocycles. The van der Waals surface area contributed by atoms with Gasteiger partial charge < -0.3 is 25.4 Å². The first kappa shape index (κ1) is 27.2. The average Bonchev–Trinajstić information content (AvgIpc) is 3.65. The molecule has 3 N–H and O–H groups in total. The van der Waals surface area contributed by atoms with Crippen molar-refractivity contribution in [2.45, 2.75) is 77.7 Å². The van der Waals surface area contributed by atoms with Crippen molar-refractivity contribution in [2.75, 3.05) is 6.61 Å². The van der Waals surface area contributed by atoms with Crippen molar-refractivity contribution in [1.29, 1.82) is 0 Å². The van der Waals surface area contributed by atoms with E-state index < -0.39 is 36.3 Å². The Hall–Kier alpha value is -3.39. The van der Waals surface area contributed by atoms with E-state index in [4.69, 9.17) is 4.74 Å². The van der Waals surface area contributed by atoms with E-state index in [1.165, 1.54) is 4.90 Å². The first-order valence-electron chi connectivity index (χ1n) is 12.3. The Kier molecular flexibility index (Phi) is 8.74. The summed E-state index contributed by atoms with van der Waals surface area (Å²) in [6, 6.07) is 13.0. The fraction of sp³-hybridized carbons (Fsp3) is 0.464. The molecule has 8 heteroatoms. The molecule has 194 valence electrons. The van der Waals surface area contributed by atoms with E-state index in [0.717, 1.165) is 35.1 Å². The Morgan fingerprint density at radius 1 is 1.08 bits per heavy atom. The zero-order chi connectivity index (χ0) is 26.5. The molecule has 8 nitrogen and oxygen atoms in total. The lowest BCUT2D eigenvalue weighted by molar-refractivity contribution is -0.144. The molecule has 0 radical (unpaired) electrons. The van der Waals surface area contributed by atoms with Crippen LogP contribution in [-0.2, 0) is 20.9 Å². The Morgan fingerprint density at radius 2 is 1.75 bits per heavy atom. The maximum absolute atomic E-state index is 13.8. The number of nitrogens with one attached hydrogen (secondary N) is 2. The van der Waals surface area contributed by atoms with Gasteiger partial charge in [0.15, 0.2) is 0 Å². The van der Waals surface area contributed by atoms with Crippen LogP contribution >= 0.6 is 0 Å². The monoisotopic (exact) mass is 495 g/mol. The third-order valence-electron chi connectivity index (χ3n) is 5.93. The second-order valence-corrected chi connectivity index (χ2v) is 10.3. The first-order valence-corrected chi connectivity index (χ1v) is 12.3. The van der Waals surface area contributed by atoms with E-state index in [2.05, 4.69) is 10.6 Å². The van der Waals surface area contributed by atoms with Crippen molar-refractivity contribution < 1.29 is 24.2 Å². The molecule has 3 amide bonds. The van der Waals surface area contributed by atoms with Crippen LogP contribution in [0.5, 0.6) is 0 Å². The molecular weight excluding hydrogens is 458 g/mol. The summed E-state index contributed by atoms with van der Waals surface area (Å²) >= 11 is 0. The normalized spacial score (nSPS) is 14.9. The highest BCUT2D eigenvalue weighted by molar-refractivity contribution is 5.93. The summed E-state index contributed by atoms with van der Waals surface area (Å²) in [5, 5.41) is 15.5. The zero-order valence-corrected chi connectivity index (χ0v) is 21.7. The van der Waals surface area contributed by atoms with E-state index in [-0.39, 0.29) is 11.9 Å². The summed E-state index contributed by atoms with van der Waals surface area (Å²) in [6.07, 6.45) is 0.676. The highest BCUT2D eigenvalue weighted by atomic mass is 16.6. The standard InChI is InChI=1S/C28H37N3O5/c1-18-11-12-19(2)22(15-18)24(25(33)29-16-20-9-7-6-8-10-20)31(21-13-14-21)26(34)23(17-32)30-27(35)36-28(3,4)5/h6-12,15,21,23-24,32H,13-14,16-17H2,1-5H3,(H,29,33)(H,30,35). The van der Waals surface area contributed by atoms with Crippen LogP contribution in [0.15, 0.2) is 48.5 Å². The molecule has 36 heavy (non-hydrogen) atoms. The van der Waals surface area contributed by atoms with E-state index in [9.17, 15) is 19.5 Å². The predicted octanol–water partition coefficient (Wildman–Crippen LogP) is 3.54. The summed E-state index contributed by atoms with van der Waals surface area (Å²) in [4.78, 5) is 41.4. The van der Waals surface area contributed by atoms with Crippen LogP contribution in [0.3, 0.4) is 0 Å². The maximum Gasteiger partial charge on any atom is 0.408 e. The molecule has 0 heterocycles. The molecule has 0 spiro atoms. The molecule has 2 aromatic carbocycles. The van der Waals surface area contributed by atoms with E-state index in [1.807, 2.05) is 62.4 Å². The number of alkyl carbamates (subject to hydrolysis) is 1. The van der Waals surface area contributed by atoms with Crippen molar-refractivity contribution in [1.82, 2.24) is 15.5 Å². The van der Waals surface area contributed by atoms with Crippen LogP contribution in [-0.4, -0.2) is 52.2 Å². The van der Waals surface area contributed by atoms with Crippen LogP contribution in [0.4, 0.5) is 4.79 Å². The van der Waals surface area contributed by atoms with Gasteiger partial charge in [0.25, 0.3) is 0 Å². The van der Waals surface area contributed by atoms with Gasteiger partial charge in [0.2, 0.25) is 11.8 Å². The Labute approximate surface area is 213 Å². The van der Waals surface area contributed by atoms with Gasteiger partial charge in [-0.2, -0.15) is 0 Å². The third-order valence-corrected chi connectivity index (χ3v) is 5.93. The minimum atomic E-state index is -1.24. The molecule has 1 saturated carbocycles. The summed E-state index contributed by atoms with van der Waals surface area (Å²) in [5.74, 6) is -0.839. The fourth-order valence-electron chi connectivity index (χ4n) is 4.04. The van der Waals surface area contributed by atoms with Gasteiger partial charge in [0.1, 0.15) is 17.7 Å². The number of ether oxygens (including phenoxy) is 1. The summed E-state index contributed by atoms with van der Waals surface area (Å²) in [6.45, 7) is 8.68. The Bertz CT molecular complexity index is 1080. The maximum atomic E-state index is 13.8. The van der Waals surface area contributed by atoms with Crippen LogP contribution in [0.1, 0.15) is 61.9 Å². The second kappa shape index (κ2) is 11.6. The number of nitrogens with zero attached hydrogens (tertiary/aromatic N) is 1. The number of aliphatic hydroxyl groups excluding tert-OH is 1. The average molecular weight is 496 g/mol. The number of hydrogen-bond donors (Lipinski definition) is 3. The number of aliphatic hydroxyl groups is 1. The lowest BCUT2D eigenvalue weighted by Crippen LogP contribution is -2.55. The van der Waals surface area contributed by atoms with Gasteiger partial charge in [-0.25, -0.2) is 4.79 Å². The van der Waals surface area contributed by atoms with Gasteiger partial charge in [0.05, 0.1) is 6.61 Å². The molecule has 1 fully saturated rings. The van der Waals surface area contributed by atoms with E-state index in [0.29, 0.717) is 6.54 Å². The Balaban J connectivity index is 1.93. The minimum Gasteiger partial charge on any atom is -0.444 e. The lowest BCUT2D eigenvalue weighted by atomic mass is 9.96. The highest BCUT2D eigenvalue weighted by Crippen LogP contribution is 2.37. The van der Waals surface area contributed by atoms with Gasteiger partial charge in [0, 0.05) is 12.6 Å².